The van der Waals surface area contributed by atoms with Crippen molar-refractivity contribution >= 4 is 17.2 Å². The topological polar surface area (TPSA) is 30.2 Å². The Balaban J connectivity index is 2.29. The van der Waals surface area contributed by atoms with Crippen molar-refractivity contribution < 1.29 is 0 Å². The summed E-state index contributed by atoms with van der Waals surface area (Å²) in [7, 11) is 0. The smallest absolute Gasteiger partial charge is 0.168 e. The molecule has 84 valence electrons. The van der Waals surface area contributed by atoms with Crippen molar-refractivity contribution in [3.05, 3.63) is 53.2 Å². The molecule has 0 saturated carbocycles. The second-order valence-corrected chi connectivity index (χ2v) is 4.35. The second kappa shape index (κ2) is 3.86. The van der Waals surface area contributed by atoms with E-state index in [4.69, 9.17) is 11.6 Å². The molecular formula is C13H10ClN3. The fraction of sp³-hybridized carbons (Fsp3) is 0.0769. The molecule has 0 atom stereocenters. The Morgan fingerprint density at radius 2 is 1.94 bits per heavy atom. The van der Waals surface area contributed by atoms with Crippen LogP contribution in [0.3, 0.4) is 0 Å². The van der Waals surface area contributed by atoms with Gasteiger partial charge in [0, 0.05) is 22.8 Å². The fourth-order valence-corrected chi connectivity index (χ4v) is 2.03. The lowest BCUT2D eigenvalue weighted by Gasteiger charge is -2.03. The summed E-state index contributed by atoms with van der Waals surface area (Å²) in [5.41, 5.74) is 3.02. The minimum absolute atomic E-state index is 0.668. The highest BCUT2D eigenvalue weighted by molar-refractivity contribution is 6.30. The zero-order valence-corrected chi connectivity index (χ0v) is 10.0. The summed E-state index contributed by atoms with van der Waals surface area (Å²) in [6.07, 6.45) is 1.89. The molecule has 3 nitrogen and oxygen atoms in total. The van der Waals surface area contributed by atoms with E-state index in [1.807, 2.05) is 34.9 Å². The van der Waals surface area contributed by atoms with Crippen LogP contribution in [0.5, 0.6) is 0 Å². The average molecular weight is 244 g/mol. The van der Waals surface area contributed by atoms with E-state index in [-0.39, 0.29) is 0 Å². The Labute approximate surface area is 104 Å². The minimum atomic E-state index is 0.668. The molecule has 4 heteroatoms. The Morgan fingerprint density at radius 1 is 1.12 bits per heavy atom. The summed E-state index contributed by atoms with van der Waals surface area (Å²) in [6.45, 7) is 2.06. The SMILES string of the molecule is Cc1ccccc1-c1nnc2cc(Cl)ccn12. The molecule has 0 aliphatic heterocycles. The molecule has 0 unspecified atom stereocenters. The van der Waals surface area contributed by atoms with Crippen molar-refractivity contribution in [2.24, 2.45) is 0 Å². The summed E-state index contributed by atoms with van der Waals surface area (Å²) in [4.78, 5) is 0. The van der Waals surface area contributed by atoms with E-state index < -0.39 is 0 Å². The van der Waals surface area contributed by atoms with Crippen LogP contribution in [0.25, 0.3) is 17.0 Å². The molecule has 0 aliphatic rings. The van der Waals surface area contributed by atoms with Crippen molar-refractivity contribution in [3.8, 4) is 11.4 Å². The number of nitrogens with zero attached hydrogens (tertiary/aromatic N) is 3. The fourth-order valence-electron chi connectivity index (χ4n) is 1.87. The van der Waals surface area contributed by atoms with Gasteiger partial charge in [-0.3, -0.25) is 4.40 Å². The van der Waals surface area contributed by atoms with E-state index in [0.29, 0.717) is 5.02 Å². The lowest BCUT2D eigenvalue weighted by atomic mass is 10.1. The van der Waals surface area contributed by atoms with E-state index in [1.54, 1.807) is 6.07 Å². The Bertz CT molecular complexity index is 688. The van der Waals surface area contributed by atoms with Crippen molar-refractivity contribution in [1.82, 2.24) is 14.6 Å². The van der Waals surface area contributed by atoms with Gasteiger partial charge >= 0.3 is 0 Å². The van der Waals surface area contributed by atoms with Gasteiger partial charge in [0.2, 0.25) is 0 Å². The first-order valence-corrected chi connectivity index (χ1v) is 5.70. The first-order valence-electron chi connectivity index (χ1n) is 5.32. The molecule has 0 N–H and O–H groups in total. The number of pyridine rings is 1. The van der Waals surface area contributed by atoms with Crippen LogP contribution < -0.4 is 0 Å². The molecule has 3 aromatic rings. The van der Waals surface area contributed by atoms with Crippen molar-refractivity contribution in [1.29, 1.82) is 0 Å². The van der Waals surface area contributed by atoms with Crippen molar-refractivity contribution in [2.45, 2.75) is 6.92 Å². The number of aryl methyl sites for hydroxylation is 1. The molecule has 0 aliphatic carbocycles. The third-order valence-corrected chi connectivity index (χ3v) is 2.99. The van der Waals surface area contributed by atoms with Gasteiger partial charge < -0.3 is 0 Å². The third kappa shape index (κ3) is 1.68. The minimum Gasteiger partial charge on any atom is -0.282 e. The Kier molecular flexibility index (Phi) is 2.34. The van der Waals surface area contributed by atoms with Gasteiger partial charge in [-0.1, -0.05) is 35.9 Å². The molecule has 0 amide bonds. The van der Waals surface area contributed by atoms with Crippen LogP contribution in [0.1, 0.15) is 5.56 Å². The monoisotopic (exact) mass is 243 g/mol. The summed E-state index contributed by atoms with van der Waals surface area (Å²) in [6, 6.07) is 11.8. The van der Waals surface area contributed by atoms with Gasteiger partial charge in [-0.05, 0) is 18.6 Å². The van der Waals surface area contributed by atoms with Crippen LogP contribution in [-0.4, -0.2) is 14.6 Å². The summed E-state index contributed by atoms with van der Waals surface area (Å²) in [5.74, 6) is 0.842. The number of fused-ring (bicyclic) bond motifs is 1. The van der Waals surface area contributed by atoms with Crippen LogP contribution >= 0.6 is 11.6 Å². The Morgan fingerprint density at radius 3 is 2.76 bits per heavy atom. The molecule has 0 fully saturated rings. The molecular weight excluding hydrogens is 234 g/mol. The maximum Gasteiger partial charge on any atom is 0.168 e. The number of halogens is 1. The maximum absolute atomic E-state index is 5.92. The van der Waals surface area contributed by atoms with Gasteiger partial charge in [-0.25, -0.2) is 0 Å². The van der Waals surface area contributed by atoms with E-state index in [9.17, 15) is 0 Å². The molecule has 3 rings (SSSR count). The summed E-state index contributed by atoms with van der Waals surface area (Å²) < 4.78 is 1.94. The quantitative estimate of drug-likeness (QED) is 0.656. The number of aromatic nitrogens is 3. The van der Waals surface area contributed by atoms with Gasteiger partial charge in [-0.2, -0.15) is 0 Å². The molecule has 0 radical (unpaired) electrons. The average Bonchev–Trinajstić information content (AvgIpc) is 2.72. The molecule has 2 aromatic heterocycles. The third-order valence-electron chi connectivity index (χ3n) is 2.76. The maximum atomic E-state index is 5.92. The van der Waals surface area contributed by atoms with Gasteiger partial charge in [-0.15, -0.1) is 10.2 Å². The lowest BCUT2D eigenvalue weighted by Crippen LogP contribution is -1.90. The second-order valence-electron chi connectivity index (χ2n) is 3.91. The van der Waals surface area contributed by atoms with Crippen LogP contribution in [0.15, 0.2) is 42.6 Å². The lowest BCUT2D eigenvalue weighted by molar-refractivity contribution is 1.11. The summed E-state index contributed by atoms with van der Waals surface area (Å²) >= 11 is 5.92. The predicted octanol–water partition coefficient (Wildman–Crippen LogP) is 3.36. The molecule has 0 saturated heterocycles. The number of hydrogen-bond donors (Lipinski definition) is 0. The molecule has 0 bridgehead atoms. The highest BCUT2D eigenvalue weighted by Crippen LogP contribution is 2.22. The van der Waals surface area contributed by atoms with Crippen molar-refractivity contribution in [3.63, 3.8) is 0 Å². The van der Waals surface area contributed by atoms with Crippen LogP contribution in [0.4, 0.5) is 0 Å². The number of hydrogen-bond acceptors (Lipinski definition) is 2. The van der Waals surface area contributed by atoms with Crippen LogP contribution in [0.2, 0.25) is 5.02 Å². The molecule has 0 spiro atoms. The van der Waals surface area contributed by atoms with Crippen molar-refractivity contribution in [2.75, 3.05) is 0 Å². The first kappa shape index (κ1) is 10.3. The van der Waals surface area contributed by atoms with Gasteiger partial charge in [0.1, 0.15) is 0 Å². The van der Waals surface area contributed by atoms with E-state index in [1.165, 1.54) is 5.56 Å². The van der Waals surface area contributed by atoms with Gasteiger partial charge in [0.25, 0.3) is 0 Å². The molecule has 2 heterocycles. The van der Waals surface area contributed by atoms with Gasteiger partial charge in [0.15, 0.2) is 11.5 Å². The summed E-state index contributed by atoms with van der Waals surface area (Å²) in [5, 5.41) is 9.02. The Hall–Kier alpha value is -1.87. The van der Waals surface area contributed by atoms with E-state index in [0.717, 1.165) is 17.0 Å². The largest absolute Gasteiger partial charge is 0.282 e. The van der Waals surface area contributed by atoms with Crippen LogP contribution in [0, 0.1) is 6.92 Å². The zero-order chi connectivity index (χ0) is 11.8. The van der Waals surface area contributed by atoms with Crippen LogP contribution in [-0.2, 0) is 0 Å². The predicted molar refractivity (Wildman–Crippen MR) is 68.2 cm³/mol. The highest BCUT2D eigenvalue weighted by atomic mass is 35.5. The molecule has 17 heavy (non-hydrogen) atoms. The zero-order valence-electron chi connectivity index (χ0n) is 9.26. The van der Waals surface area contributed by atoms with E-state index >= 15 is 0 Å². The highest BCUT2D eigenvalue weighted by Gasteiger charge is 2.09. The number of benzene rings is 1. The normalized spacial score (nSPS) is 10.9. The first-order chi connectivity index (χ1) is 8.25. The molecule has 1 aromatic carbocycles. The van der Waals surface area contributed by atoms with Gasteiger partial charge in [0.05, 0.1) is 0 Å². The standard InChI is InChI=1S/C13H10ClN3/c1-9-4-2-3-5-11(9)13-16-15-12-8-10(14)6-7-17(12)13/h2-8H,1H3. The van der Waals surface area contributed by atoms with E-state index in [2.05, 4.69) is 23.2 Å². The number of rotatable bonds is 1.